The van der Waals surface area contributed by atoms with E-state index in [1.54, 1.807) is 0 Å². The number of carbonyl (C=O) groups is 1. The van der Waals surface area contributed by atoms with Crippen molar-refractivity contribution >= 4 is 5.97 Å². The monoisotopic (exact) mass is 231 g/mol. The highest BCUT2D eigenvalue weighted by atomic mass is 16.5. The van der Waals surface area contributed by atoms with Gasteiger partial charge < -0.3 is 19.8 Å². The fourth-order valence-electron chi connectivity index (χ4n) is 1.97. The SMILES string of the molecule is CCOC(=O)C1CCN(CC(O)CO)CC1. The molecule has 0 amide bonds. The Bertz CT molecular complexity index is 214. The number of piperidine rings is 1. The molecule has 0 aromatic heterocycles. The summed E-state index contributed by atoms with van der Waals surface area (Å²) in [6, 6.07) is 0. The molecule has 1 rings (SSSR count). The molecule has 5 heteroatoms. The van der Waals surface area contributed by atoms with Crippen LogP contribution < -0.4 is 0 Å². The van der Waals surface area contributed by atoms with E-state index >= 15 is 0 Å². The van der Waals surface area contributed by atoms with Gasteiger partial charge in [0.2, 0.25) is 0 Å². The second-order valence-corrected chi connectivity index (χ2v) is 4.16. The van der Waals surface area contributed by atoms with Crippen LogP contribution in [0.2, 0.25) is 0 Å². The number of hydrogen-bond donors (Lipinski definition) is 2. The molecule has 0 aromatic rings. The second-order valence-electron chi connectivity index (χ2n) is 4.16. The molecule has 0 spiro atoms. The zero-order valence-electron chi connectivity index (χ0n) is 9.76. The van der Waals surface area contributed by atoms with Crippen LogP contribution >= 0.6 is 0 Å². The molecule has 1 fully saturated rings. The Labute approximate surface area is 96.0 Å². The second kappa shape index (κ2) is 6.83. The van der Waals surface area contributed by atoms with Gasteiger partial charge in [0.25, 0.3) is 0 Å². The summed E-state index contributed by atoms with van der Waals surface area (Å²) < 4.78 is 4.97. The van der Waals surface area contributed by atoms with Crippen molar-refractivity contribution in [3.8, 4) is 0 Å². The number of esters is 1. The first-order valence-electron chi connectivity index (χ1n) is 5.85. The molecule has 1 saturated heterocycles. The maximum atomic E-state index is 11.5. The van der Waals surface area contributed by atoms with E-state index in [2.05, 4.69) is 4.90 Å². The van der Waals surface area contributed by atoms with E-state index in [0.717, 1.165) is 25.9 Å². The molecule has 1 unspecified atom stereocenters. The zero-order chi connectivity index (χ0) is 12.0. The number of aliphatic hydroxyl groups is 2. The largest absolute Gasteiger partial charge is 0.466 e. The van der Waals surface area contributed by atoms with Crippen LogP contribution in [0.3, 0.4) is 0 Å². The third-order valence-electron chi connectivity index (χ3n) is 2.89. The third kappa shape index (κ3) is 4.08. The van der Waals surface area contributed by atoms with Gasteiger partial charge in [0.15, 0.2) is 0 Å². The van der Waals surface area contributed by atoms with E-state index in [4.69, 9.17) is 9.84 Å². The number of likely N-dealkylation sites (tertiary alicyclic amines) is 1. The predicted molar refractivity (Wildman–Crippen MR) is 58.9 cm³/mol. The van der Waals surface area contributed by atoms with Crippen LogP contribution in [0.15, 0.2) is 0 Å². The molecule has 5 nitrogen and oxygen atoms in total. The average molecular weight is 231 g/mol. The van der Waals surface area contributed by atoms with E-state index < -0.39 is 6.10 Å². The van der Waals surface area contributed by atoms with Gasteiger partial charge in [0.05, 0.1) is 25.2 Å². The molecular weight excluding hydrogens is 210 g/mol. The summed E-state index contributed by atoms with van der Waals surface area (Å²) in [4.78, 5) is 13.5. The van der Waals surface area contributed by atoms with E-state index in [0.29, 0.717) is 13.2 Å². The van der Waals surface area contributed by atoms with E-state index in [-0.39, 0.29) is 18.5 Å². The molecular formula is C11H21NO4. The number of carbonyl (C=O) groups excluding carboxylic acids is 1. The Morgan fingerprint density at radius 3 is 2.62 bits per heavy atom. The molecule has 2 N–H and O–H groups in total. The Kier molecular flexibility index (Phi) is 5.73. The number of ether oxygens (including phenoxy) is 1. The van der Waals surface area contributed by atoms with Crippen LogP contribution in [-0.2, 0) is 9.53 Å². The Hall–Kier alpha value is -0.650. The van der Waals surface area contributed by atoms with Gasteiger partial charge in [-0.2, -0.15) is 0 Å². The fourth-order valence-corrected chi connectivity index (χ4v) is 1.97. The number of hydrogen-bond acceptors (Lipinski definition) is 5. The van der Waals surface area contributed by atoms with Crippen molar-refractivity contribution in [2.24, 2.45) is 5.92 Å². The standard InChI is InChI=1S/C11H21NO4/c1-2-16-11(15)9-3-5-12(6-4-9)7-10(14)8-13/h9-10,13-14H,2-8H2,1H3. The molecule has 0 aromatic carbocycles. The maximum absolute atomic E-state index is 11.5. The van der Waals surface area contributed by atoms with Crippen molar-refractivity contribution in [2.75, 3.05) is 32.8 Å². The number of rotatable bonds is 5. The minimum Gasteiger partial charge on any atom is -0.466 e. The van der Waals surface area contributed by atoms with Crippen LogP contribution in [0.1, 0.15) is 19.8 Å². The van der Waals surface area contributed by atoms with E-state index in [9.17, 15) is 9.90 Å². The first-order valence-corrected chi connectivity index (χ1v) is 5.85. The molecule has 1 heterocycles. The number of β-amino-alcohol motifs (C(OH)–C–C–N with tert-alkyl or cyclic N) is 1. The molecule has 0 aliphatic carbocycles. The Morgan fingerprint density at radius 1 is 1.50 bits per heavy atom. The summed E-state index contributed by atoms with van der Waals surface area (Å²) in [7, 11) is 0. The van der Waals surface area contributed by atoms with Crippen molar-refractivity contribution in [1.82, 2.24) is 4.90 Å². The summed E-state index contributed by atoms with van der Waals surface area (Å²) in [6.45, 7) is 4.07. The topological polar surface area (TPSA) is 70.0 Å². The van der Waals surface area contributed by atoms with Crippen molar-refractivity contribution in [1.29, 1.82) is 0 Å². The van der Waals surface area contributed by atoms with Crippen LogP contribution in [0.4, 0.5) is 0 Å². The minimum atomic E-state index is -0.681. The van der Waals surface area contributed by atoms with Gasteiger partial charge in [-0.15, -0.1) is 0 Å². The lowest BCUT2D eigenvalue weighted by Crippen LogP contribution is -2.41. The maximum Gasteiger partial charge on any atom is 0.309 e. The normalized spacial score (nSPS) is 20.7. The molecule has 94 valence electrons. The van der Waals surface area contributed by atoms with Gasteiger partial charge >= 0.3 is 5.97 Å². The molecule has 1 aliphatic rings. The average Bonchev–Trinajstić information content (AvgIpc) is 2.30. The summed E-state index contributed by atoms with van der Waals surface area (Å²) in [5.41, 5.74) is 0. The van der Waals surface area contributed by atoms with Crippen molar-refractivity contribution in [2.45, 2.75) is 25.9 Å². The quantitative estimate of drug-likeness (QED) is 0.631. The lowest BCUT2D eigenvalue weighted by Gasteiger charge is -2.31. The van der Waals surface area contributed by atoms with Crippen LogP contribution in [0.25, 0.3) is 0 Å². The van der Waals surface area contributed by atoms with Gasteiger partial charge in [0.1, 0.15) is 0 Å². The van der Waals surface area contributed by atoms with Crippen molar-refractivity contribution in [3.63, 3.8) is 0 Å². The van der Waals surface area contributed by atoms with E-state index in [1.807, 2.05) is 6.92 Å². The Balaban J connectivity index is 2.25. The molecule has 1 aliphatic heterocycles. The highest BCUT2D eigenvalue weighted by molar-refractivity contribution is 5.72. The zero-order valence-corrected chi connectivity index (χ0v) is 9.76. The van der Waals surface area contributed by atoms with Crippen LogP contribution in [0, 0.1) is 5.92 Å². The first-order chi connectivity index (χ1) is 7.67. The van der Waals surface area contributed by atoms with Gasteiger partial charge in [-0.25, -0.2) is 0 Å². The summed E-state index contributed by atoms with van der Waals surface area (Å²) in [5.74, 6) is -0.104. The minimum absolute atomic E-state index is 0.00229. The van der Waals surface area contributed by atoms with Crippen LogP contribution in [0.5, 0.6) is 0 Å². The van der Waals surface area contributed by atoms with Gasteiger partial charge in [0, 0.05) is 6.54 Å². The lowest BCUT2D eigenvalue weighted by molar-refractivity contribution is -0.149. The number of aliphatic hydroxyl groups excluding tert-OH is 2. The van der Waals surface area contributed by atoms with Crippen LogP contribution in [-0.4, -0.2) is 60.0 Å². The molecule has 16 heavy (non-hydrogen) atoms. The molecule has 0 saturated carbocycles. The Morgan fingerprint density at radius 2 is 2.12 bits per heavy atom. The fraction of sp³-hybridized carbons (Fsp3) is 0.909. The van der Waals surface area contributed by atoms with E-state index in [1.165, 1.54) is 0 Å². The molecule has 0 radical (unpaired) electrons. The predicted octanol–water partition coefficient (Wildman–Crippen LogP) is -0.385. The smallest absolute Gasteiger partial charge is 0.309 e. The molecule has 1 atom stereocenters. The summed E-state index contributed by atoms with van der Waals surface area (Å²) in [6.07, 6.45) is 0.868. The third-order valence-corrected chi connectivity index (χ3v) is 2.89. The first kappa shape index (κ1) is 13.4. The van der Waals surface area contributed by atoms with Crippen molar-refractivity contribution in [3.05, 3.63) is 0 Å². The highest BCUT2D eigenvalue weighted by Gasteiger charge is 2.26. The van der Waals surface area contributed by atoms with Gasteiger partial charge in [-0.05, 0) is 32.9 Å². The highest BCUT2D eigenvalue weighted by Crippen LogP contribution is 2.18. The van der Waals surface area contributed by atoms with Crippen molar-refractivity contribution < 1.29 is 19.7 Å². The van der Waals surface area contributed by atoms with Gasteiger partial charge in [-0.1, -0.05) is 0 Å². The number of nitrogens with zero attached hydrogens (tertiary/aromatic N) is 1. The lowest BCUT2D eigenvalue weighted by atomic mass is 9.97. The summed E-state index contributed by atoms with van der Waals surface area (Å²) in [5, 5.41) is 18.0. The van der Waals surface area contributed by atoms with Gasteiger partial charge in [-0.3, -0.25) is 4.79 Å². The summed E-state index contributed by atoms with van der Waals surface area (Å²) >= 11 is 0. The molecule has 0 bridgehead atoms.